The van der Waals surface area contributed by atoms with Crippen LogP contribution >= 0.6 is 0 Å². The van der Waals surface area contributed by atoms with E-state index in [1.807, 2.05) is 4.90 Å². The van der Waals surface area contributed by atoms with Crippen molar-refractivity contribution in [2.45, 2.75) is 37.4 Å². The minimum Gasteiger partial charge on any atom is -0.370 e. The molecular formula is C20H22F3N3O4. The normalized spacial score (nSPS) is 25.0. The molecule has 30 heavy (non-hydrogen) atoms. The van der Waals surface area contributed by atoms with Crippen molar-refractivity contribution in [1.82, 2.24) is 15.4 Å². The van der Waals surface area contributed by atoms with Crippen molar-refractivity contribution in [3.8, 4) is 0 Å². The molecule has 0 bridgehead atoms. The van der Waals surface area contributed by atoms with Crippen LogP contribution in [0.1, 0.15) is 23.2 Å². The highest BCUT2D eigenvalue weighted by atomic mass is 19.4. The molecule has 2 aliphatic heterocycles. The van der Waals surface area contributed by atoms with E-state index in [2.05, 4.69) is 10.5 Å². The highest BCUT2D eigenvalue weighted by Crippen LogP contribution is 2.33. The third-order valence-electron chi connectivity index (χ3n) is 5.32. The van der Waals surface area contributed by atoms with Gasteiger partial charge in [0.15, 0.2) is 0 Å². The van der Waals surface area contributed by atoms with Crippen LogP contribution in [0, 0.1) is 0 Å². The molecule has 1 aromatic carbocycles. The van der Waals surface area contributed by atoms with Gasteiger partial charge in [-0.05, 0) is 11.6 Å². The van der Waals surface area contributed by atoms with E-state index in [9.17, 15) is 18.0 Å². The van der Waals surface area contributed by atoms with Crippen molar-refractivity contribution < 1.29 is 32.0 Å². The Balaban J connectivity index is 1.34. The number of hydrogen-bond acceptors (Lipinski definition) is 6. The molecule has 1 amide bonds. The molecule has 2 atom stereocenters. The number of carbonyl (C=O) groups excluding carboxylic acids is 1. The third kappa shape index (κ3) is 4.82. The second-order valence-corrected chi connectivity index (χ2v) is 7.65. The first-order chi connectivity index (χ1) is 14.3. The van der Waals surface area contributed by atoms with E-state index in [-0.39, 0.29) is 19.1 Å². The molecule has 2 fully saturated rings. The molecule has 162 valence electrons. The van der Waals surface area contributed by atoms with E-state index in [1.54, 1.807) is 12.1 Å². The first-order valence-electron chi connectivity index (χ1n) is 9.64. The molecule has 1 spiro atoms. The second-order valence-electron chi connectivity index (χ2n) is 7.65. The summed E-state index contributed by atoms with van der Waals surface area (Å²) in [6.45, 7) is 2.38. The second kappa shape index (κ2) is 8.37. The summed E-state index contributed by atoms with van der Waals surface area (Å²) in [6, 6.07) is 7.00. The number of rotatable bonds is 5. The van der Waals surface area contributed by atoms with Gasteiger partial charge < -0.3 is 19.3 Å². The van der Waals surface area contributed by atoms with Crippen LogP contribution in [0.25, 0.3) is 0 Å². The van der Waals surface area contributed by atoms with Gasteiger partial charge in [-0.25, -0.2) is 0 Å². The number of nitrogens with one attached hydrogen (secondary N) is 1. The van der Waals surface area contributed by atoms with E-state index in [4.69, 9.17) is 14.0 Å². The molecule has 7 nitrogen and oxygen atoms in total. The van der Waals surface area contributed by atoms with E-state index in [1.165, 1.54) is 18.4 Å². The Morgan fingerprint density at radius 1 is 1.33 bits per heavy atom. The maximum absolute atomic E-state index is 13.0. The number of hydrogen-bond donors (Lipinski definition) is 1. The molecule has 2 aliphatic rings. The van der Waals surface area contributed by atoms with Gasteiger partial charge in [0.2, 0.25) is 5.91 Å². The summed E-state index contributed by atoms with van der Waals surface area (Å²) in [7, 11) is 0. The van der Waals surface area contributed by atoms with Gasteiger partial charge in [0.25, 0.3) is 0 Å². The first kappa shape index (κ1) is 20.8. The molecule has 1 aromatic heterocycles. The van der Waals surface area contributed by atoms with E-state index in [0.717, 1.165) is 6.07 Å². The van der Waals surface area contributed by atoms with Crippen LogP contribution in [-0.4, -0.2) is 54.0 Å². The first-order valence-corrected chi connectivity index (χ1v) is 9.64. The third-order valence-corrected chi connectivity index (χ3v) is 5.32. The van der Waals surface area contributed by atoms with Gasteiger partial charge in [-0.15, -0.1) is 0 Å². The number of ether oxygens (including phenoxy) is 2. The molecule has 0 radical (unpaired) electrons. The number of nitrogens with zero attached hydrogens (tertiary/aromatic N) is 2. The average Bonchev–Trinajstić information content (AvgIpc) is 3.36. The number of benzene rings is 1. The largest absolute Gasteiger partial charge is 0.416 e. The molecule has 2 saturated heterocycles. The molecule has 2 aromatic rings. The van der Waals surface area contributed by atoms with Crippen LogP contribution in [0.15, 0.2) is 41.1 Å². The molecule has 4 rings (SSSR count). The fraction of sp³-hybridized carbons (Fsp3) is 0.500. The number of amides is 1. The topological polar surface area (TPSA) is 76.8 Å². The van der Waals surface area contributed by atoms with Gasteiger partial charge in [-0.3, -0.25) is 9.69 Å². The fourth-order valence-corrected chi connectivity index (χ4v) is 3.87. The smallest absolute Gasteiger partial charge is 0.370 e. The maximum Gasteiger partial charge on any atom is 0.416 e. The Bertz CT molecular complexity index is 874. The standard InChI is InChI=1S/C20H22F3N3O4/c21-20(22,23)15-3-1-2-14(8-15)11-26-5-7-29-19(12-26)9-17(28-13-19)18(27)24-10-16-4-6-30-25-16/h1-4,6,8,17H,5,7,9-13H2,(H,24,27). The average molecular weight is 425 g/mol. The van der Waals surface area contributed by atoms with Crippen molar-refractivity contribution in [3.63, 3.8) is 0 Å². The van der Waals surface area contributed by atoms with Crippen LogP contribution < -0.4 is 5.32 Å². The lowest BCUT2D eigenvalue weighted by atomic mass is 9.96. The van der Waals surface area contributed by atoms with Crippen molar-refractivity contribution in [3.05, 3.63) is 53.4 Å². The molecule has 0 aliphatic carbocycles. The fourth-order valence-electron chi connectivity index (χ4n) is 3.87. The van der Waals surface area contributed by atoms with E-state index >= 15 is 0 Å². The van der Waals surface area contributed by atoms with Crippen molar-refractivity contribution in [1.29, 1.82) is 0 Å². The Hall–Kier alpha value is -2.43. The van der Waals surface area contributed by atoms with Crippen LogP contribution in [0.3, 0.4) is 0 Å². The number of morpholine rings is 1. The highest BCUT2D eigenvalue weighted by Gasteiger charge is 2.46. The van der Waals surface area contributed by atoms with Gasteiger partial charge in [0, 0.05) is 32.1 Å². The molecule has 0 saturated carbocycles. The minimum absolute atomic E-state index is 0.241. The van der Waals surface area contributed by atoms with Gasteiger partial charge >= 0.3 is 6.18 Å². The lowest BCUT2D eigenvalue weighted by Crippen LogP contribution is -2.52. The van der Waals surface area contributed by atoms with Crippen LogP contribution in [0.4, 0.5) is 13.2 Å². The maximum atomic E-state index is 13.0. The monoisotopic (exact) mass is 425 g/mol. The molecule has 1 N–H and O–H groups in total. The minimum atomic E-state index is -4.37. The van der Waals surface area contributed by atoms with E-state index in [0.29, 0.717) is 43.9 Å². The van der Waals surface area contributed by atoms with Crippen molar-refractivity contribution in [2.75, 3.05) is 26.3 Å². The number of aromatic nitrogens is 1. The predicted octanol–water partition coefficient (Wildman–Crippen LogP) is 2.37. The van der Waals surface area contributed by atoms with Crippen LogP contribution in [0.2, 0.25) is 0 Å². The highest BCUT2D eigenvalue weighted by molar-refractivity contribution is 5.81. The lowest BCUT2D eigenvalue weighted by molar-refractivity contribution is -0.137. The van der Waals surface area contributed by atoms with Crippen LogP contribution in [0.5, 0.6) is 0 Å². The lowest BCUT2D eigenvalue weighted by Gasteiger charge is -2.39. The number of halogens is 3. The van der Waals surface area contributed by atoms with Crippen molar-refractivity contribution in [2.24, 2.45) is 0 Å². The Morgan fingerprint density at radius 2 is 2.20 bits per heavy atom. The number of alkyl halides is 3. The summed E-state index contributed by atoms with van der Waals surface area (Å²) < 4.78 is 55.2. The Kier molecular flexibility index (Phi) is 5.81. The zero-order valence-corrected chi connectivity index (χ0v) is 16.2. The summed E-state index contributed by atoms with van der Waals surface area (Å²) in [4.78, 5) is 14.4. The summed E-state index contributed by atoms with van der Waals surface area (Å²) in [6.07, 6.45) is -3.20. The van der Waals surface area contributed by atoms with Gasteiger partial charge in [0.05, 0.1) is 25.3 Å². The van der Waals surface area contributed by atoms with Gasteiger partial charge in [0.1, 0.15) is 23.7 Å². The number of carbonyl (C=O) groups is 1. The van der Waals surface area contributed by atoms with Gasteiger partial charge in [-0.2, -0.15) is 13.2 Å². The summed E-state index contributed by atoms with van der Waals surface area (Å²) >= 11 is 0. The van der Waals surface area contributed by atoms with Gasteiger partial charge in [-0.1, -0.05) is 23.4 Å². The molecular weight excluding hydrogens is 403 g/mol. The Labute approximate surface area is 171 Å². The summed E-state index contributed by atoms with van der Waals surface area (Å²) in [5, 5.41) is 6.50. The molecule has 10 heteroatoms. The van der Waals surface area contributed by atoms with Crippen molar-refractivity contribution >= 4 is 5.91 Å². The zero-order valence-electron chi connectivity index (χ0n) is 16.2. The van der Waals surface area contributed by atoms with Crippen LogP contribution in [-0.2, 0) is 33.5 Å². The molecule has 3 heterocycles. The van der Waals surface area contributed by atoms with E-state index < -0.39 is 23.4 Å². The Morgan fingerprint density at radius 3 is 2.97 bits per heavy atom. The SMILES string of the molecule is O=C(NCc1ccon1)C1CC2(CO1)CN(Cc1cccc(C(F)(F)F)c1)CCO2. The molecule has 2 unspecified atom stereocenters. The summed E-state index contributed by atoms with van der Waals surface area (Å²) in [5.74, 6) is -0.256. The summed E-state index contributed by atoms with van der Waals surface area (Å²) in [5.41, 5.74) is -0.105. The predicted molar refractivity (Wildman–Crippen MR) is 98.1 cm³/mol. The quantitative estimate of drug-likeness (QED) is 0.793. The zero-order chi connectivity index (χ0) is 21.2.